The molecule has 0 unspecified atom stereocenters. The summed E-state index contributed by atoms with van der Waals surface area (Å²) < 4.78 is 1.88. The zero-order valence-corrected chi connectivity index (χ0v) is 18.5. The van der Waals surface area contributed by atoms with E-state index in [4.69, 9.17) is 17.3 Å². The Morgan fingerprint density at radius 3 is 2.65 bits per heavy atom. The van der Waals surface area contributed by atoms with Crippen LogP contribution in [0.1, 0.15) is 29.7 Å². The van der Waals surface area contributed by atoms with Gasteiger partial charge in [-0.15, -0.1) is 0 Å². The number of para-hydroxylation sites is 1. The van der Waals surface area contributed by atoms with Gasteiger partial charge in [0.25, 0.3) is 0 Å². The number of aromatic nitrogens is 2. The van der Waals surface area contributed by atoms with Gasteiger partial charge in [-0.2, -0.15) is 5.10 Å². The molecule has 1 aliphatic heterocycles. The normalized spacial score (nSPS) is 15.2. The molecule has 0 radical (unpaired) electrons. The van der Waals surface area contributed by atoms with E-state index >= 15 is 0 Å². The first-order valence-electron chi connectivity index (χ1n) is 10.6. The molecule has 1 saturated heterocycles. The standard InChI is InChI=1S/C24H28ClN5O/c1-17-19(15-27-30(17)21-5-3-2-4-6-21)14-24(31)28-20-9-11-29(12-10-20)16-18-7-8-22(25)23(26)13-18/h2-8,13,15,20H,9-12,14,16,26H2,1H3,(H,28,31). The lowest BCUT2D eigenvalue weighted by molar-refractivity contribution is -0.121. The van der Waals surface area contributed by atoms with Gasteiger partial charge in [-0.05, 0) is 49.6 Å². The van der Waals surface area contributed by atoms with Crippen molar-refractivity contribution in [1.29, 1.82) is 0 Å². The van der Waals surface area contributed by atoms with Crippen LogP contribution >= 0.6 is 11.6 Å². The molecular formula is C24H28ClN5O. The summed E-state index contributed by atoms with van der Waals surface area (Å²) in [7, 11) is 0. The van der Waals surface area contributed by atoms with Crippen molar-refractivity contribution in [2.45, 2.75) is 38.8 Å². The lowest BCUT2D eigenvalue weighted by Crippen LogP contribution is -2.44. The minimum absolute atomic E-state index is 0.0552. The Labute approximate surface area is 188 Å². The van der Waals surface area contributed by atoms with Crippen LogP contribution in [-0.4, -0.2) is 39.7 Å². The van der Waals surface area contributed by atoms with E-state index in [0.717, 1.165) is 55.0 Å². The predicted octanol–water partition coefficient (Wildman–Crippen LogP) is 3.74. The highest BCUT2D eigenvalue weighted by Crippen LogP contribution is 2.22. The highest BCUT2D eigenvalue weighted by atomic mass is 35.5. The Hall–Kier alpha value is -2.83. The maximum Gasteiger partial charge on any atom is 0.224 e. The van der Waals surface area contributed by atoms with Crippen LogP contribution in [0.2, 0.25) is 5.02 Å². The van der Waals surface area contributed by atoms with Gasteiger partial charge < -0.3 is 11.1 Å². The van der Waals surface area contributed by atoms with Gasteiger partial charge in [-0.3, -0.25) is 9.69 Å². The predicted molar refractivity (Wildman–Crippen MR) is 124 cm³/mol. The number of likely N-dealkylation sites (tertiary alicyclic amines) is 1. The maximum absolute atomic E-state index is 12.6. The summed E-state index contributed by atoms with van der Waals surface area (Å²) in [5.41, 5.74) is 10.6. The van der Waals surface area contributed by atoms with Crippen molar-refractivity contribution in [1.82, 2.24) is 20.0 Å². The number of anilines is 1. The van der Waals surface area contributed by atoms with Crippen LogP contribution < -0.4 is 11.1 Å². The van der Waals surface area contributed by atoms with Crippen molar-refractivity contribution in [3.8, 4) is 5.69 Å². The number of piperidine rings is 1. The molecule has 162 valence electrons. The number of rotatable bonds is 6. The van der Waals surface area contributed by atoms with Crippen LogP contribution in [0.4, 0.5) is 5.69 Å². The molecule has 0 saturated carbocycles. The molecule has 0 bridgehead atoms. The summed E-state index contributed by atoms with van der Waals surface area (Å²) in [6.07, 6.45) is 4.03. The highest BCUT2D eigenvalue weighted by Gasteiger charge is 2.21. The summed E-state index contributed by atoms with van der Waals surface area (Å²) in [6, 6.07) is 16.0. The number of hydrogen-bond donors (Lipinski definition) is 2. The van der Waals surface area contributed by atoms with E-state index in [2.05, 4.69) is 15.3 Å². The Morgan fingerprint density at radius 2 is 1.94 bits per heavy atom. The molecule has 3 N–H and O–H groups in total. The van der Waals surface area contributed by atoms with E-state index < -0.39 is 0 Å². The van der Waals surface area contributed by atoms with E-state index in [1.54, 1.807) is 6.20 Å². The average molecular weight is 438 g/mol. The van der Waals surface area contributed by atoms with E-state index in [-0.39, 0.29) is 11.9 Å². The zero-order valence-electron chi connectivity index (χ0n) is 17.7. The molecule has 0 spiro atoms. The van der Waals surface area contributed by atoms with Gasteiger partial charge in [-0.1, -0.05) is 35.9 Å². The van der Waals surface area contributed by atoms with Gasteiger partial charge in [0.2, 0.25) is 5.91 Å². The van der Waals surface area contributed by atoms with Crippen molar-refractivity contribution in [3.05, 3.63) is 76.6 Å². The minimum atomic E-state index is 0.0552. The zero-order chi connectivity index (χ0) is 21.8. The number of halogens is 1. The first kappa shape index (κ1) is 21.4. The van der Waals surface area contributed by atoms with Crippen LogP contribution in [0, 0.1) is 6.92 Å². The molecule has 1 aliphatic rings. The van der Waals surface area contributed by atoms with Gasteiger partial charge in [0.1, 0.15) is 0 Å². The first-order chi connectivity index (χ1) is 15.0. The van der Waals surface area contributed by atoms with E-state index in [1.807, 2.05) is 60.1 Å². The first-order valence-corrected chi connectivity index (χ1v) is 11.0. The molecule has 3 aromatic rings. The minimum Gasteiger partial charge on any atom is -0.398 e. The van der Waals surface area contributed by atoms with E-state index in [1.165, 1.54) is 0 Å². The fourth-order valence-corrected chi connectivity index (χ4v) is 4.20. The molecule has 31 heavy (non-hydrogen) atoms. The number of carbonyl (C=O) groups is 1. The smallest absolute Gasteiger partial charge is 0.224 e. The van der Waals surface area contributed by atoms with Gasteiger partial charge in [-0.25, -0.2) is 4.68 Å². The van der Waals surface area contributed by atoms with Crippen LogP contribution in [-0.2, 0) is 17.8 Å². The summed E-state index contributed by atoms with van der Waals surface area (Å²) in [6.45, 7) is 4.74. The third-order valence-corrected chi connectivity index (χ3v) is 6.23. The molecule has 4 rings (SSSR count). The number of hydrogen-bond acceptors (Lipinski definition) is 4. The Bertz CT molecular complexity index is 1040. The Morgan fingerprint density at radius 1 is 1.19 bits per heavy atom. The molecule has 0 aliphatic carbocycles. The van der Waals surface area contributed by atoms with Crippen LogP contribution in [0.5, 0.6) is 0 Å². The second-order valence-electron chi connectivity index (χ2n) is 8.15. The number of nitrogens with two attached hydrogens (primary N) is 1. The van der Waals surface area contributed by atoms with Gasteiger partial charge >= 0.3 is 0 Å². The van der Waals surface area contributed by atoms with E-state index in [0.29, 0.717) is 17.1 Å². The summed E-state index contributed by atoms with van der Waals surface area (Å²) in [5, 5.41) is 8.26. The van der Waals surface area contributed by atoms with Crippen LogP contribution in [0.15, 0.2) is 54.7 Å². The molecule has 1 aromatic heterocycles. The van der Waals surface area contributed by atoms with Crippen molar-refractivity contribution < 1.29 is 4.79 Å². The molecular weight excluding hydrogens is 410 g/mol. The molecule has 2 aromatic carbocycles. The number of nitrogens with one attached hydrogen (secondary N) is 1. The SMILES string of the molecule is Cc1c(CC(=O)NC2CCN(Cc3ccc(Cl)c(N)c3)CC2)cnn1-c1ccccc1. The Kier molecular flexibility index (Phi) is 6.59. The van der Waals surface area contributed by atoms with Crippen molar-refractivity contribution >= 4 is 23.2 Å². The fraction of sp³-hybridized carbons (Fsp3) is 0.333. The Balaban J connectivity index is 1.27. The summed E-state index contributed by atoms with van der Waals surface area (Å²) in [4.78, 5) is 15.0. The number of nitrogens with zero attached hydrogens (tertiary/aromatic N) is 3. The van der Waals surface area contributed by atoms with Gasteiger partial charge in [0, 0.05) is 36.9 Å². The van der Waals surface area contributed by atoms with Gasteiger partial charge in [0.15, 0.2) is 0 Å². The number of carbonyl (C=O) groups excluding carboxylic acids is 1. The number of nitrogen functional groups attached to an aromatic ring is 1. The lowest BCUT2D eigenvalue weighted by Gasteiger charge is -2.32. The highest BCUT2D eigenvalue weighted by molar-refractivity contribution is 6.33. The number of amides is 1. The molecule has 2 heterocycles. The summed E-state index contributed by atoms with van der Waals surface area (Å²) in [5.74, 6) is 0.0552. The van der Waals surface area contributed by atoms with Crippen molar-refractivity contribution in [2.24, 2.45) is 0 Å². The monoisotopic (exact) mass is 437 g/mol. The quantitative estimate of drug-likeness (QED) is 0.576. The molecule has 1 fully saturated rings. The molecule has 7 heteroatoms. The van der Waals surface area contributed by atoms with Crippen molar-refractivity contribution in [3.63, 3.8) is 0 Å². The lowest BCUT2D eigenvalue weighted by atomic mass is 10.0. The fourth-order valence-electron chi connectivity index (χ4n) is 4.08. The molecule has 0 atom stereocenters. The molecule has 6 nitrogen and oxygen atoms in total. The third-order valence-electron chi connectivity index (χ3n) is 5.88. The van der Waals surface area contributed by atoms with Crippen molar-refractivity contribution in [2.75, 3.05) is 18.8 Å². The third kappa shape index (κ3) is 5.27. The topological polar surface area (TPSA) is 76.2 Å². The molecule has 1 amide bonds. The van der Waals surface area contributed by atoms with Crippen LogP contribution in [0.3, 0.4) is 0 Å². The average Bonchev–Trinajstić information content (AvgIpc) is 3.13. The van der Waals surface area contributed by atoms with Crippen LogP contribution in [0.25, 0.3) is 5.69 Å². The number of benzene rings is 2. The van der Waals surface area contributed by atoms with E-state index in [9.17, 15) is 4.79 Å². The second kappa shape index (κ2) is 9.54. The maximum atomic E-state index is 12.6. The summed E-state index contributed by atoms with van der Waals surface area (Å²) >= 11 is 6.01. The second-order valence-corrected chi connectivity index (χ2v) is 8.56. The largest absolute Gasteiger partial charge is 0.398 e. The van der Waals surface area contributed by atoms with Gasteiger partial charge in [0.05, 0.1) is 29.0 Å².